The third-order valence-corrected chi connectivity index (χ3v) is 5.76. The fraction of sp³-hybridized carbons (Fsp3) is 0.360. The molecule has 6 nitrogen and oxygen atoms in total. The molecule has 2 aromatic rings. The van der Waals surface area contributed by atoms with E-state index in [1.807, 2.05) is 30.3 Å². The second kappa shape index (κ2) is 10.1. The van der Waals surface area contributed by atoms with Crippen LogP contribution >= 0.6 is 11.6 Å². The molecule has 1 aliphatic heterocycles. The Morgan fingerprint density at radius 1 is 1.12 bits per heavy atom. The van der Waals surface area contributed by atoms with Gasteiger partial charge < -0.3 is 19.1 Å². The second-order valence-electron chi connectivity index (χ2n) is 7.93. The first-order chi connectivity index (χ1) is 15.2. The zero-order valence-corrected chi connectivity index (χ0v) is 19.7. The van der Waals surface area contributed by atoms with E-state index in [1.54, 1.807) is 52.0 Å². The Morgan fingerprint density at radius 3 is 2.31 bits per heavy atom. The molecule has 1 aliphatic rings. The minimum absolute atomic E-state index is 0.102. The quantitative estimate of drug-likeness (QED) is 0.541. The van der Waals surface area contributed by atoms with E-state index in [-0.39, 0.29) is 25.0 Å². The van der Waals surface area contributed by atoms with Gasteiger partial charge in [-0.1, -0.05) is 29.8 Å². The molecule has 2 aromatic carbocycles. The van der Waals surface area contributed by atoms with Crippen LogP contribution in [0, 0.1) is 0 Å². The summed E-state index contributed by atoms with van der Waals surface area (Å²) in [5.74, 6) is 0.231. The predicted molar refractivity (Wildman–Crippen MR) is 123 cm³/mol. The number of halogens is 1. The van der Waals surface area contributed by atoms with E-state index in [9.17, 15) is 9.59 Å². The lowest BCUT2D eigenvalue weighted by molar-refractivity contribution is -0.143. The number of hydrogen-bond acceptors (Lipinski definition) is 5. The average molecular weight is 458 g/mol. The summed E-state index contributed by atoms with van der Waals surface area (Å²) >= 11 is 6.43. The smallest absolute Gasteiger partial charge is 0.336 e. The molecule has 1 amide bonds. The van der Waals surface area contributed by atoms with Crippen molar-refractivity contribution in [3.63, 3.8) is 0 Å². The lowest BCUT2D eigenvalue weighted by Gasteiger charge is -2.35. The highest BCUT2D eigenvalue weighted by Crippen LogP contribution is 2.40. The number of methoxy groups -OCH3 is 2. The van der Waals surface area contributed by atoms with Gasteiger partial charge in [0.05, 0.1) is 32.4 Å². The van der Waals surface area contributed by atoms with Gasteiger partial charge in [0.2, 0.25) is 5.91 Å². The zero-order chi connectivity index (χ0) is 23.4. The maximum absolute atomic E-state index is 13.2. The van der Waals surface area contributed by atoms with Crippen molar-refractivity contribution >= 4 is 23.5 Å². The first-order valence-corrected chi connectivity index (χ1v) is 10.8. The van der Waals surface area contributed by atoms with Gasteiger partial charge in [-0.2, -0.15) is 0 Å². The molecule has 0 aromatic heterocycles. The lowest BCUT2D eigenvalue weighted by atomic mass is 9.83. The van der Waals surface area contributed by atoms with E-state index in [0.717, 1.165) is 11.1 Å². The van der Waals surface area contributed by atoms with Crippen molar-refractivity contribution < 1.29 is 23.8 Å². The molecule has 0 fully saturated rings. The van der Waals surface area contributed by atoms with Crippen LogP contribution in [0.15, 0.2) is 53.7 Å². The van der Waals surface area contributed by atoms with E-state index in [4.69, 9.17) is 25.8 Å². The van der Waals surface area contributed by atoms with E-state index in [2.05, 4.69) is 0 Å². The van der Waals surface area contributed by atoms with Gasteiger partial charge in [-0.3, -0.25) is 4.79 Å². The van der Waals surface area contributed by atoms with Crippen LogP contribution in [0.3, 0.4) is 0 Å². The number of ether oxygens (including phenoxy) is 3. The zero-order valence-electron chi connectivity index (χ0n) is 19.0. The van der Waals surface area contributed by atoms with Crippen LogP contribution < -0.4 is 9.47 Å². The Bertz CT molecular complexity index is 1020. The molecule has 3 rings (SSSR count). The van der Waals surface area contributed by atoms with Crippen LogP contribution in [0.1, 0.15) is 44.2 Å². The summed E-state index contributed by atoms with van der Waals surface area (Å²) in [5.41, 5.74) is 2.56. The Hall–Kier alpha value is -2.99. The topological polar surface area (TPSA) is 65.1 Å². The summed E-state index contributed by atoms with van der Waals surface area (Å²) in [6.45, 7) is 5.64. The van der Waals surface area contributed by atoms with Gasteiger partial charge in [0.25, 0.3) is 0 Å². The molecule has 0 aliphatic carbocycles. The van der Waals surface area contributed by atoms with Crippen molar-refractivity contribution in [3.05, 3.63) is 69.9 Å². The Kier molecular flexibility index (Phi) is 7.46. The molecule has 1 atom stereocenters. The van der Waals surface area contributed by atoms with Crippen LogP contribution in [-0.2, 0) is 20.9 Å². The summed E-state index contributed by atoms with van der Waals surface area (Å²) in [4.78, 5) is 28.0. The van der Waals surface area contributed by atoms with Gasteiger partial charge in [-0.15, -0.1) is 0 Å². The molecular formula is C25H28ClNO5. The molecule has 1 heterocycles. The van der Waals surface area contributed by atoms with Gasteiger partial charge in [-0.25, -0.2) is 4.79 Å². The Balaban J connectivity index is 2.06. The molecule has 0 N–H and O–H groups in total. The minimum atomic E-state index is -0.474. The first-order valence-electron chi connectivity index (χ1n) is 10.4. The number of rotatable bonds is 7. The SMILES string of the molecule is COc1cc(CN2C(=O)CC(c3ccccc3Cl)C(C(=O)OC(C)C)=C2C)cc(OC)c1. The molecule has 7 heteroatoms. The number of hydrogen-bond donors (Lipinski definition) is 0. The second-order valence-corrected chi connectivity index (χ2v) is 8.34. The van der Waals surface area contributed by atoms with Crippen LogP contribution in [-0.4, -0.2) is 37.1 Å². The van der Waals surface area contributed by atoms with Crippen molar-refractivity contribution in [1.29, 1.82) is 0 Å². The third-order valence-electron chi connectivity index (χ3n) is 5.42. The molecule has 170 valence electrons. The Labute approximate surface area is 193 Å². The number of amides is 1. The number of carbonyl (C=O) groups excluding carboxylic acids is 2. The molecule has 0 saturated carbocycles. The molecule has 0 spiro atoms. The number of benzene rings is 2. The largest absolute Gasteiger partial charge is 0.497 e. The molecular weight excluding hydrogens is 430 g/mol. The third kappa shape index (κ3) is 5.07. The summed E-state index contributed by atoms with van der Waals surface area (Å²) < 4.78 is 16.2. The molecule has 0 bridgehead atoms. The molecule has 1 unspecified atom stereocenters. The summed E-state index contributed by atoms with van der Waals surface area (Å²) in [6, 6.07) is 12.7. The molecule has 32 heavy (non-hydrogen) atoms. The van der Waals surface area contributed by atoms with Gasteiger partial charge in [0, 0.05) is 29.1 Å². The highest BCUT2D eigenvalue weighted by atomic mass is 35.5. The lowest BCUT2D eigenvalue weighted by Crippen LogP contribution is -2.38. The van der Waals surface area contributed by atoms with Crippen LogP contribution in [0.25, 0.3) is 0 Å². The summed E-state index contributed by atoms with van der Waals surface area (Å²) in [6.07, 6.45) is -0.173. The van der Waals surface area contributed by atoms with Crippen molar-refractivity contribution in [2.45, 2.75) is 45.8 Å². The normalized spacial score (nSPS) is 16.4. The predicted octanol–water partition coefficient (Wildman–Crippen LogP) is 5.10. The van der Waals surface area contributed by atoms with E-state index in [0.29, 0.717) is 27.8 Å². The van der Waals surface area contributed by atoms with E-state index in [1.165, 1.54) is 0 Å². The molecule has 0 radical (unpaired) electrons. The maximum atomic E-state index is 13.2. The number of esters is 1. The summed E-state index contributed by atoms with van der Waals surface area (Å²) in [5, 5.41) is 0.513. The van der Waals surface area contributed by atoms with Gasteiger partial charge >= 0.3 is 5.97 Å². The van der Waals surface area contributed by atoms with Crippen molar-refractivity contribution in [1.82, 2.24) is 4.90 Å². The van der Waals surface area contributed by atoms with Gasteiger partial charge in [0.15, 0.2) is 0 Å². The minimum Gasteiger partial charge on any atom is -0.497 e. The molecule has 0 saturated heterocycles. The maximum Gasteiger partial charge on any atom is 0.336 e. The highest BCUT2D eigenvalue weighted by Gasteiger charge is 2.38. The van der Waals surface area contributed by atoms with Gasteiger partial charge in [0.1, 0.15) is 11.5 Å². The summed E-state index contributed by atoms with van der Waals surface area (Å²) in [7, 11) is 3.15. The standard InChI is InChI=1S/C25H28ClNO5/c1-15(2)32-25(29)24-16(3)27(14-17-10-18(30-4)12-19(11-17)31-5)23(28)13-21(24)20-8-6-7-9-22(20)26/h6-12,15,21H,13-14H2,1-5H3. The monoisotopic (exact) mass is 457 g/mol. The van der Waals surface area contributed by atoms with Gasteiger partial charge in [-0.05, 0) is 50.1 Å². The first kappa shape index (κ1) is 23.7. The average Bonchev–Trinajstić information content (AvgIpc) is 2.75. The van der Waals surface area contributed by atoms with Crippen LogP contribution in [0.4, 0.5) is 0 Å². The van der Waals surface area contributed by atoms with Crippen LogP contribution in [0.2, 0.25) is 5.02 Å². The Morgan fingerprint density at radius 2 is 1.75 bits per heavy atom. The fourth-order valence-electron chi connectivity index (χ4n) is 3.91. The van der Waals surface area contributed by atoms with Crippen LogP contribution in [0.5, 0.6) is 11.5 Å². The highest BCUT2D eigenvalue weighted by molar-refractivity contribution is 6.31. The number of nitrogens with zero attached hydrogens (tertiary/aromatic N) is 1. The fourth-order valence-corrected chi connectivity index (χ4v) is 4.18. The van der Waals surface area contributed by atoms with Crippen molar-refractivity contribution in [2.75, 3.05) is 14.2 Å². The van der Waals surface area contributed by atoms with E-state index >= 15 is 0 Å². The number of carbonyl (C=O) groups is 2. The van der Waals surface area contributed by atoms with E-state index < -0.39 is 11.9 Å². The van der Waals surface area contributed by atoms with Crippen molar-refractivity contribution in [3.8, 4) is 11.5 Å². The number of allylic oxidation sites excluding steroid dienone is 1. The van der Waals surface area contributed by atoms with Crippen molar-refractivity contribution in [2.24, 2.45) is 0 Å².